The SMILES string of the molecule is Cl[C@H](C[n+]1ccccc1)c1ccccc1. The summed E-state index contributed by atoms with van der Waals surface area (Å²) in [7, 11) is 0. The summed E-state index contributed by atoms with van der Waals surface area (Å²) in [5.74, 6) is 0. The van der Waals surface area contributed by atoms with Crippen LogP contribution in [0.15, 0.2) is 60.9 Å². The maximum Gasteiger partial charge on any atom is 0.168 e. The molecule has 0 amide bonds. The van der Waals surface area contributed by atoms with Gasteiger partial charge in [0.1, 0.15) is 5.38 Å². The zero-order chi connectivity index (χ0) is 10.5. The molecule has 0 spiro atoms. The number of nitrogens with zero attached hydrogens (tertiary/aromatic N) is 1. The molecule has 2 rings (SSSR count). The Hall–Kier alpha value is -1.34. The highest BCUT2D eigenvalue weighted by Crippen LogP contribution is 2.19. The summed E-state index contributed by atoms with van der Waals surface area (Å²) in [4.78, 5) is 0. The Balaban J connectivity index is 2.08. The van der Waals surface area contributed by atoms with Gasteiger partial charge in [-0.1, -0.05) is 36.4 Å². The van der Waals surface area contributed by atoms with Gasteiger partial charge < -0.3 is 0 Å². The van der Waals surface area contributed by atoms with E-state index in [1.807, 2.05) is 48.8 Å². The van der Waals surface area contributed by atoms with Gasteiger partial charge in [-0.25, -0.2) is 4.57 Å². The van der Waals surface area contributed by atoms with Crippen LogP contribution < -0.4 is 4.57 Å². The van der Waals surface area contributed by atoms with E-state index in [1.54, 1.807) is 0 Å². The van der Waals surface area contributed by atoms with Crippen LogP contribution >= 0.6 is 11.6 Å². The van der Waals surface area contributed by atoms with Crippen LogP contribution in [-0.2, 0) is 6.54 Å². The molecule has 0 bridgehead atoms. The molecule has 1 heterocycles. The predicted molar refractivity (Wildman–Crippen MR) is 61.7 cm³/mol. The summed E-state index contributed by atoms with van der Waals surface area (Å²) in [6.07, 6.45) is 4.05. The third kappa shape index (κ3) is 2.80. The van der Waals surface area contributed by atoms with Gasteiger partial charge in [-0.2, -0.15) is 0 Å². The van der Waals surface area contributed by atoms with Crippen molar-refractivity contribution in [3.05, 3.63) is 66.5 Å². The first kappa shape index (κ1) is 10.2. The van der Waals surface area contributed by atoms with Crippen molar-refractivity contribution in [3.8, 4) is 0 Å². The molecular weight excluding hydrogens is 206 g/mol. The fourth-order valence-corrected chi connectivity index (χ4v) is 1.81. The third-order valence-electron chi connectivity index (χ3n) is 2.31. The summed E-state index contributed by atoms with van der Waals surface area (Å²) in [6.45, 7) is 0.798. The first-order chi connectivity index (χ1) is 7.36. The minimum Gasteiger partial charge on any atom is -0.203 e. The number of aromatic nitrogens is 1. The van der Waals surface area contributed by atoms with Crippen molar-refractivity contribution in [3.63, 3.8) is 0 Å². The molecule has 0 aliphatic carbocycles. The van der Waals surface area contributed by atoms with Crippen LogP contribution in [0.3, 0.4) is 0 Å². The van der Waals surface area contributed by atoms with E-state index in [9.17, 15) is 0 Å². The van der Waals surface area contributed by atoms with Crippen molar-refractivity contribution >= 4 is 11.6 Å². The van der Waals surface area contributed by atoms with Crippen LogP contribution in [-0.4, -0.2) is 0 Å². The van der Waals surface area contributed by atoms with Gasteiger partial charge >= 0.3 is 0 Å². The Labute approximate surface area is 95.0 Å². The molecule has 76 valence electrons. The molecule has 0 aliphatic heterocycles. The standard InChI is InChI=1S/C13H13ClN/c14-13(12-7-3-1-4-8-12)11-15-9-5-2-6-10-15/h1-10,13H,11H2/q+1/t13-/m1/s1. The lowest BCUT2D eigenvalue weighted by atomic mass is 10.1. The maximum absolute atomic E-state index is 6.32. The van der Waals surface area contributed by atoms with E-state index in [4.69, 9.17) is 11.6 Å². The molecule has 0 fully saturated rings. The van der Waals surface area contributed by atoms with E-state index >= 15 is 0 Å². The second-order valence-corrected chi connectivity index (χ2v) is 3.98. The molecule has 2 aromatic rings. The van der Waals surface area contributed by atoms with Crippen molar-refractivity contribution in [1.82, 2.24) is 0 Å². The fraction of sp³-hybridized carbons (Fsp3) is 0.154. The summed E-state index contributed by atoms with van der Waals surface area (Å²) in [6, 6.07) is 16.2. The fourth-order valence-electron chi connectivity index (χ4n) is 1.51. The average molecular weight is 219 g/mol. The van der Waals surface area contributed by atoms with Crippen LogP contribution in [0.25, 0.3) is 0 Å². The maximum atomic E-state index is 6.32. The normalized spacial score (nSPS) is 12.3. The molecule has 0 aliphatic rings. The van der Waals surface area contributed by atoms with Crippen LogP contribution in [0.4, 0.5) is 0 Å². The molecule has 0 N–H and O–H groups in total. The summed E-state index contributed by atoms with van der Waals surface area (Å²) in [5, 5.41) is 0.0265. The van der Waals surface area contributed by atoms with Crippen molar-refractivity contribution in [2.24, 2.45) is 0 Å². The van der Waals surface area contributed by atoms with Crippen LogP contribution in [0.2, 0.25) is 0 Å². The Morgan fingerprint density at radius 1 is 0.933 bits per heavy atom. The molecule has 0 saturated carbocycles. The predicted octanol–water partition coefficient (Wildman–Crippen LogP) is 2.95. The molecule has 15 heavy (non-hydrogen) atoms. The van der Waals surface area contributed by atoms with Crippen LogP contribution in [0.5, 0.6) is 0 Å². The largest absolute Gasteiger partial charge is 0.203 e. The highest BCUT2D eigenvalue weighted by molar-refractivity contribution is 6.20. The van der Waals surface area contributed by atoms with E-state index in [0.29, 0.717) is 0 Å². The topological polar surface area (TPSA) is 3.88 Å². The van der Waals surface area contributed by atoms with Crippen molar-refractivity contribution in [1.29, 1.82) is 0 Å². The molecule has 0 saturated heterocycles. The lowest BCUT2D eigenvalue weighted by Crippen LogP contribution is -2.34. The number of hydrogen-bond acceptors (Lipinski definition) is 0. The Morgan fingerprint density at radius 3 is 2.20 bits per heavy atom. The van der Waals surface area contributed by atoms with Gasteiger partial charge in [-0.3, -0.25) is 0 Å². The average Bonchev–Trinajstić information content (AvgIpc) is 2.31. The second-order valence-electron chi connectivity index (χ2n) is 3.45. The molecule has 0 unspecified atom stereocenters. The van der Waals surface area contributed by atoms with E-state index in [-0.39, 0.29) is 5.38 Å². The van der Waals surface area contributed by atoms with E-state index < -0.39 is 0 Å². The monoisotopic (exact) mass is 218 g/mol. The van der Waals surface area contributed by atoms with E-state index in [1.165, 1.54) is 0 Å². The summed E-state index contributed by atoms with van der Waals surface area (Å²) in [5.41, 5.74) is 1.16. The summed E-state index contributed by atoms with van der Waals surface area (Å²) >= 11 is 6.32. The number of pyridine rings is 1. The Morgan fingerprint density at radius 2 is 1.53 bits per heavy atom. The van der Waals surface area contributed by atoms with Crippen LogP contribution in [0, 0.1) is 0 Å². The first-order valence-electron chi connectivity index (χ1n) is 4.99. The molecule has 0 radical (unpaired) electrons. The number of hydrogen-bond donors (Lipinski definition) is 0. The van der Waals surface area contributed by atoms with Crippen molar-refractivity contribution in [2.75, 3.05) is 0 Å². The van der Waals surface area contributed by atoms with Gasteiger partial charge in [0, 0.05) is 12.1 Å². The van der Waals surface area contributed by atoms with E-state index in [0.717, 1.165) is 12.1 Å². The number of alkyl halides is 1. The molecule has 1 aromatic carbocycles. The highest BCUT2D eigenvalue weighted by Gasteiger charge is 2.12. The number of halogens is 1. The molecule has 2 heteroatoms. The van der Waals surface area contributed by atoms with Gasteiger partial charge in [0.05, 0.1) is 0 Å². The smallest absolute Gasteiger partial charge is 0.168 e. The van der Waals surface area contributed by atoms with Gasteiger partial charge in [0.15, 0.2) is 18.9 Å². The zero-order valence-corrected chi connectivity index (χ0v) is 9.14. The zero-order valence-electron chi connectivity index (χ0n) is 8.38. The Bertz CT molecular complexity index is 399. The first-order valence-corrected chi connectivity index (χ1v) is 5.43. The minimum atomic E-state index is 0.0265. The van der Waals surface area contributed by atoms with Gasteiger partial charge in [-0.05, 0) is 5.56 Å². The lowest BCUT2D eigenvalue weighted by molar-refractivity contribution is -0.697. The molecular formula is C13H13ClN+. The summed E-state index contributed by atoms with van der Waals surface area (Å²) < 4.78 is 2.09. The lowest BCUT2D eigenvalue weighted by Gasteiger charge is -2.05. The second kappa shape index (κ2) is 4.94. The van der Waals surface area contributed by atoms with E-state index in [2.05, 4.69) is 16.7 Å². The molecule has 1 atom stereocenters. The Kier molecular flexibility index (Phi) is 3.36. The van der Waals surface area contributed by atoms with Crippen LogP contribution in [0.1, 0.15) is 10.9 Å². The third-order valence-corrected chi connectivity index (χ3v) is 2.70. The van der Waals surface area contributed by atoms with Crippen molar-refractivity contribution in [2.45, 2.75) is 11.9 Å². The van der Waals surface area contributed by atoms with Gasteiger partial charge in [-0.15, -0.1) is 11.6 Å². The quantitative estimate of drug-likeness (QED) is 0.551. The molecule has 1 nitrogen and oxygen atoms in total. The molecule has 1 aromatic heterocycles. The van der Waals surface area contributed by atoms with Crippen molar-refractivity contribution < 1.29 is 4.57 Å². The number of benzene rings is 1. The minimum absolute atomic E-state index is 0.0265. The highest BCUT2D eigenvalue weighted by atomic mass is 35.5. The van der Waals surface area contributed by atoms with Gasteiger partial charge in [0.2, 0.25) is 0 Å². The van der Waals surface area contributed by atoms with Gasteiger partial charge in [0.25, 0.3) is 0 Å². The number of rotatable bonds is 3.